The van der Waals surface area contributed by atoms with E-state index >= 15 is 0 Å². The molecule has 1 aliphatic rings. The lowest BCUT2D eigenvalue weighted by atomic mass is 9.88. The number of rotatable bonds is 3. The van der Waals surface area contributed by atoms with Gasteiger partial charge in [-0.05, 0) is 38.8 Å². The molecule has 2 atom stereocenters. The van der Waals surface area contributed by atoms with Gasteiger partial charge in [-0.1, -0.05) is 29.9 Å². The molecular weight excluding hydrogens is 224 g/mol. The molecule has 0 aromatic carbocycles. The second kappa shape index (κ2) is 6.55. The number of aliphatic hydroxyl groups excluding tert-OH is 2. The van der Waals surface area contributed by atoms with E-state index in [-0.39, 0.29) is 0 Å². The number of allylic oxidation sites excluding steroid dienone is 3. The third kappa shape index (κ3) is 4.50. The lowest BCUT2D eigenvalue weighted by Gasteiger charge is -2.24. The van der Waals surface area contributed by atoms with Gasteiger partial charge in [0.1, 0.15) is 6.10 Å². The Bertz CT molecular complexity index is 442. The molecular formula is C16H22O2. The van der Waals surface area contributed by atoms with Crippen molar-refractivity contribution >= 4 is 0 Å². The zero-order chi connectivity index (χ0) is 13.7. The Morgan fingerprint density at radius 1 is 1.44 bits per heavy atom. The average Bonchev–Trinajstić information content (AvgIpc) is 2.27. The van der Waals surface area contributed by atoms with E-state index in [1.54, 1.807) is 12.2 Å². The molecule has 1 aliphatic carbocycles. The van der Waals surface area contributed by atoms with Crippen molar-refractivity contribution in [1.82, 2.24) is 0 Å². The summed E-state index contributed by atoms with van der Waals surface area (Å²) in [6, 6.07) is 0. The molecule has 0 amide bonds. The van der Waals surface area contributed by atoms with Crippen molar-refractivity contribution < 1.29 is 10.2 Å². The summed E-state index contributed by atoms with van der Waals surface area (Å²) in [4.78, 5) is 0. The van der Waals surface area contributed by atoms with Crippen LogP contribution in [-0.4, -0.2) is 22.4 Å². The molecule has 2 N–H and O–H groups in total. The Labute approximate surface area is 109 Å². The molecule has 2 heteroatoms. The molecule has 0 aromatic rings. The van der Waals surface area contributed by atoms with Gasteiger partial charge in [0, 0.05) is 12.0 Å². The minimum atomic E-state index is -0.639. The number of hydrogen-bond donors (Lipinski definition) is 2. The van der Waals surface area contributed by atoms with Crippen LogP contribution in [0.3, 0.4) is 0 Å². The van der Waals surface area contributed by atoms with Gasteiger partial charge in [0.05, 0.1) is 6.10 Å². The lowest BCUT2D eigenvalue weighted by Crippen LogP contribution is -2.24. The molecule has 0 radical (unpaired) electrons. The van der Waals surface area contributed by atoms with E-state index in [1.165, 1.54) is 5.57 Å². The van der Waals surface area contributed by atoms with Gasteiger partial charge in [-0.25, -0.2) is 0 Å². The Morgan fingerprint density at radius 3 is 2.67 bits per heavy atom. The third-order valence-electron chi connectivity index (χ3n) is 2.77. The molecule has 0 spiro atoms. The Morgan fingerprint density at radius 2 is 2.11 bits per heavy atom. The maximum atomic E-state index is 10.2. The van der Waals surface area contributed by atoms with Gasteiger partial charge in [-0.15, -0.1) is 5.73 Å². The smallest absolute Gasteiger partial charge is 0.104 e. The SMILES string of the molecule is C=C(C)C=C=C1C[C@H](O)C=C(CC=C(C)C)[C@@H]1O. The molecule has 0 fully saturated rings. The van der Waals surface area contributed by atoms with Crippen molar-refractivity contribution in [3.8, 4) is 0 Å². The summed E-state index contributed by atoms with van der Waals surface area (Å²) >= 11 is 0. The standard InChI is InChI=1S/C16H22O2/c1-11(2)5-7-13-9-15(17)10-14(16(13)18)8-6-12(3)4/h5-6,10,15-18H,1,8-9H2,2-4H3/t7?,15-,16+/m0/s1. The van der Waals surface area contributed by atoms with Crippen LogP contribution in [0.15, 0.2) is 52.8 Å². The average molecular weight is 246 g/mol. The van der Waals surface area contributed by atoms with Gasteiger partial charge >= 0.3 is 0 Å². The van der Waals surface area contributed by atoms with Crippen LogP contribution in [0.1, 0.15) is 33.6 Å². The van der Waals surface area contributed by atoms with Crippen molar-refractivity contribution in [1.29, 1.82) is 0 Å². The third-order valence-corrected chi connectivity index (χ3v) is 2.77. The Balaban J connectivity index is 2.97. The highest BCUT2D eigenvalue weighted by Crippen LogP contribution is 2.26. The van der Waals surface area contributed by atoms with Gasteiger partial charge in [0.2, 0.25) is 0 Å². The van der Waals surface area contributed by atoms with E-state index in [4.69, 9.17) is 0 Å². The van der Waals surface area contributed by atoms with Gasteiger partial charge in [0.25, 0.3) is 0 Å². The zero-order valence-electron chi connectivity index (χ0n) is 11.4. The fourth-order valence-electron chi connectivity index (χ4n) is 1.81. The molecule has 0 saturated carbocycles. The predicted molar refractivity (Wildman–Crippen MR) is 75.2 cm³/mol. The predicted octanol–water partition coefficient (Wildman–Crippen LogP) is 3.05. The van der Waals surface area contributed by atoms with Crippen molar-refractivity contribution in [2.45, 2.75) is 45.8 Å². The van der Waals surface area contributed by atoms with E-state index in [0.29, 0.717) is 12.8 Å². The minimum absolute atomic E-state index is 0.434. The molecule has 18 heavy (non-hydrogen) atoms. The van der Waals surface area contributed by atoms with Gasteiger partial charge in [0.15, 0.2) is 0 Å². The van der Waals surface area contributed by atoms with Crippen LogP contribution in [0.2, 0.25) is 0 Å². The Kier molecular flexibility index (Phi) is 5.36. The summed E-state index contributed by atoms with van der Waals surface area (Å²) in [6.45, 7) is 9.67. The minimum Gasteiger partial charge on any atom is -0.389 e. The van der Waals surface area contributed by atoms with Crippen LogP contribution in [0.25, 0.3) is 0 Å². The summed E-state index contributed by atoms with van der Waals surface area (Å²) in [7, 11) is 0. The van der Waals surface area contributed by atoms with Crippen molar-refractivity contribution in [2.75, 3.05) is 0 Å². The molecule has 2 nitrogen and oxygen atoms in total. The largest absolute Gasteiger partial charge is 0.389 e. The maximum absolute atomic E-state index is 10.2. The maximum Gasteiger partial charge on any atom is 0.104 e. The summed E-state index contributed by atoms with van der Waals surface area (Å²) in [5.41, 5.74) is 6.69. The van der Waals surface area contributed by atoms with Crippen LogP contribution in [0.5, 0.6) is 0 Å². The van der Waals surface area contributed by atoms with Crippen molar-refractivity contribution in [3.63, 3.8) is 0 Å². The molecule has 0 heterocycles. The van der Waals surface area contributed by atoms with Crippen LogP contribution < -0.4 is 0 Å². The number of hydrogen-bond acceptors (Lipinski definition) is 2. The molecule has 98 valence electrons. The lowest BCUT2D eigenvalue weighted by molar-refractivity contribution is 0.176. The summed E-state index contributed by atoms with van der Waals surface area (Å²) < 4.78 is 0. The van der Waals surface area contributed by atoms with Crippen LogP contribution in [0, 0.1) is 0 Å². The van der Waals surface area contributed by atoms with E-state index in [9.17, 15) is 10.2 Å². The molecule has 0 aliphatic heterocycles. The quantitative estimate of drug-likeness (QED) is 0.456. The fraction of sp³-hybridized carbons (Fsp3) is 0.438. The zero-order valence-corrected chi connectivity index (χ0v) is 11.4. The first-order valence-corrected chi connectivity index (χ1v) is 6.21. The van der Waals surface area contributed by atoms with E-state index in [2.05, 4.69) is 12.3 Å². The monoisotopic (exact) mass is 246 g/mol. The second-order valence-electron chi connectivity index (χ2n) is 5.06. The highest BCUT2D eigenvalue weighted by Gasteiger charge is 2.23. The van der Waals surface area contributed by atoms with E-state index in [0.717, 1.165) is 16.7 Å². The number of aliphatic hydroxyl groups is 2. The van der Waals surface area contributed by atoms with Crippen LogP contribution in [-0.2, 0) is 0 Å². The van der Waals surface area contributed by atoms with Gasteiger partial charge in [-0.3, -0.25) is 0 Å². The van der Waals surface area contributed by atoms with Crippen molar-refractivity contribution in [2.24, 2.45) is 0 Å². The fourth-order valence-corrected chi connectivity index (χ4v) is 1.81. The first-order valence-electron chi connectivity index (χ1n) is 6.21. The first kappa shape index (κ1) is 14.7. The molecule has 0 aromatic heterocycles. The van der Waals surface area contributed by atoms with E-state index in [1.807, 2.05) is 26.8 Å². The summed E-state index contributed by atoms with van der Waals surface area (Å²) in [5.74, 6) is 0. The normalized spacial score (nSPS) is 22.9. The molecule has 0 bridgehead atoms. The molecule has 1 rings (SSSR count). The highest BCUT2D eigenvalue weighted by atomic mass is 16.3. The van der Waals surface area contributed by atoms with E-state index < -0.39 is 12.2 Å². The van der Waals surface area contributed by atoms with Gasteiger partial charge < -0.3 is 10.2 Å². The highest BCUT2D eigenvalue weighted by molar-refractivity contribution is 5.32. The summed E-state index contributed by atoms with van der Waals surface area (Å²) in [5, 5.41) is 20.0. The molecule has 0 saturated heterocycles. The van der Waals surface area contributed by atoms with Gasteiger partial charge in [-0.2, -0.15) is 0 Å². The van der Waals surface area contributed by atoms with Crippen LogP contribution in [0.4, 0.5) is 0 Å². The Hall–Kier alpha value is -1.34. The summed E-state index contributed by atoms with van der Waals surface area (Å²) in [6.07, 6.45) is 5.47. The first-order chi connectivity index (χ1) is 8.40. The second-order valence-corrected chi connectivity index (χ2v) is 5.06. The van der Waals surface area contributed by atoms with Crippen LogP contribution >= 0.6 is 0 Å². The molecule has 0 unspecified atom stereocenters. The topological polar surface area (TPSA) is 40.5 Å². The van der Waals surface area contributed by atoms with Crippen molar-refractivity contribution in [3.05, 3.63) is 52.8 Å².